The van der Waals surface area contributed by atoms with Crippen molar-refractivity contribution in [3.63, 3.8) is 0 Å². The minimum absolute atomic E-state index is 0.0152. The van der Waals surface area contributed by atoms with Crippen molar-refractivity contribution in [2.24, 2.45) is 0 Å². The number of nitrogens with zero attached hydrogens (tertiary/aromatic N) is 2. The Hall–Kier alpha value is -3.34. The predicted octanol–water partition coefficient (Wildman–Crippen LogP) is 4.62. The fraction of sp³-hybridized carbons (Fsp3) is 0.217. The number of allylic oxidation sites excluding steroid dienone is 1. The van der Waals surface area contributed by atoms with E-state index >= 15 is 0 Å². The summed E-state index contributed by atoms with van der Waals surface area (Å²) in [5.41, 5.74) is 5.80. The first-order valence-corrected chi connectivity index (χ1v) is 9.31. The number of benzene rings is 2. The van der Waals surface area contributed by atoms with Crippen molar-refractivity contribution in [2.45, 2.75) is 26.8 Å². The first-order valence-electron chi connectivity index (χ1n) is 9.31. The van der Waals surface area contributed by atoms with Gasteiger partial charge in [0.05, 0.1) is 0 Å². The Kier molecular flexibility index (Phi) is 5.94. The van der Waals surface area contributed by atoms with Gasteiger partial charge in [-0.15, -0.1) is 0 Å². The van der Waals surface area contributed by atoms with Gasteiger partial charge in [-0.05, 0) is 55.4 Å². The molecule has 0 radical (unpaired) electrons. The van der Waals surface area contributed by atoms with Gasteiger partial charge in [-0.2, -0.15) is 6.20 Å². The van der Waals surface area contributed by atoms with Crippen molar-refractivity contribution in [1.29, 1.82) is 0 Å². The van der Waals surface area contributed by atoms with Crippen LogP contribution in [0.5, 0.6) is 0 Å². The Morgan fingerprint density at radius 3 is 2.64 bits per heavy atom. The molecule has 1 aliphatic heterocycles. The molecule has 2 aromatic rings. The number of amides is 1. The minimum atomic E-state index is -0.107. The lowest BCUT2D eigenvalue weighted by atomic mass is 10.1. The van der Waals surface area contributed by atoms with Crippen molar-refractivity contribution in [1.82, 2.24) is 5.32 Å². The van der Waals surface area contributed by atoms with Crippen molar-refractivity contribution < 1.29 is 9.37 Å². The predicted molar refractivity (Wildman–Crippen MR) is 115 cm³/mol. The van der Waals surface area contributed by atoms with Crippen LogP contribution in [0.2, 0.25) is 0 Å². The molecule has 1 amide bonds. The number of rotatable bonds is 7. The average molecular weight is 374 g/mol. The number of hydrogen-bond acceptors (Lipinski definition) is 2. The Labute approximate surface area is 166 Å². The second kappa shape index (κ2) is 8.57. The van der Waals surface area contributed by atoms with Crippen LogP contribution in [0.3, 0.4) is 0 Å². The normalized spacial score (nSPS) is 14.0. The van der Waals surface area contributed by atoms with E-state index in [1.165, 1.54) is 5.56 Å². The third-order valence-corrected chi connectivity index (χ3v) is 4.72. The van der Waals surface area contributed by atoms with E-state index in [-0.39, 0.29) is 11.9 Å². The smallest absolute Gasteiger partial charge is 0.255 e. The van der Waals surface area contributed by atoms with E-state index < -0.39 is 0 Å². The van der Waals surface area contributed by atoms with Crippen LogP contribution in [-0.4, -0.2) is 23.7 Å². The van der Waals surface area contributed by atoms with Gasteiger partial charge >= 0.3 is 0 Å². The molecule has 1 aliphatic rings. The summed E-state index contributed by atoms with van der Waals surface area (Å²) in [5, 5.41) is 10.7. The van der Waals surface area contributed by atoms with Crippen LogP contribution in [0.1, 0.15) is 40.0 Å². The molecule has 0 bridgehead atoms. The summed E-state index contributed by atoms with van der Waals surface area (Å²) in [7, 11) is 1.98. The molecule has 2 aromatic carbocycles. The molecule has 0 aliphatic carbocycles. The second-order valence-electron chi connectivity index (χ2n) is 7.04. The van der Waals surface area contributed by atoms with Crippen LogP contribution in [0, 0.1) is 13.8 Å². The molecule has 2 N–H and O–H groups in total. The van der Waals surface area contributed by atoms with Crippen molar-refractivity contribution in [3.8, 4) is 0 Å². The summed E-state index contributed by atoms with van der Waals surface area (Å²) in [5.74, 6) is -0.107. The number of nitrogens with one attached hydrogen (secondary N) is 2. The molecule has 1 heterocycles. The highest BCUT2D eigenvalue weighted by Crippen LogP contribution is 2.24. The van der Waals surface area contributed by atoms with Crippen LogP contribution in [0.25, 0.3) is 5.32 Å². The fourth-order valence-corrected chi connectivity index (χ4v) is 2.86. The van der Waals surface area contributed by atoms with Gasteiger partial charge in [0.15, 0.2) is 18.1 Å². The number of carbonyl (C=O) groups excluding carboxylic acids is 1. The fourth-order valence-electron chi connectivity index (χ4n) is 2.86. The first-order chi connectivity index (χ1) is 13.4. The van der Waals surface area contributed by atoms with E-state index in [0.29, 0.717) is 5.56 Å². The maximum absolute atomic E-state index is 12.5. The van der Waals surface area contributed by atoms with E-state index in [0.717, 1.165) is 22.5 Å². The SMILES string of the molecule is Cc1ccc(C(=O)Nc2cccc(C(C)[N-]C=CNC3=C[N+](C)=C3)c2)cc1C. The average Bonchev–Trinajstić information content (AvgIpc) is 2.65. The van der Waals surface area contributed by atoms with Crippen LogP contribution >= 0.6 is 0 Å². The molecule has 0 aromatic heterocycles. The summed E-state index contributed by atoms with van der Waals surface area (Å²) in [6, 6.07) is 13.5. The molecule has 28 heavy (non-hydrogen) atoms. The van der Waals surface area contributed by atoms with Gasteiger partial charge in [0.2, 0.25) is 0 Å². The molecular weight excluding hydrogens is 348 g/mol. The Morgan fingerprint density at radius 1 is 1.14 bits per heavy atom. The maximum atomic E-state index is 12.5. The molecule has 0 saturated carbocycles. The topological polar surface area (TPSA) is 58.2 Å². The van der Waals surface area contributed by atoms with Crippen molar-refractivity contribution in [3.05, 3.63) is 94.3 Å². The van der Waals surface area contributed by atoms with Crippen LogP contribution in [0.15, 0.2) is 66.8 Å². The number of aryl methyl sites for hydroxylation is 2. The molecule has 0 fully saturated rings. The van der Waals surface area contributed by atoms with Gasteiger partial charge in [0.1, 0.15) is 7.05 Å². The summed E-state index contributed by atoms with van der Waals surface area (Å²) >= 11 is 0. The molecular formula is C23H26N4O. The van der Waals surface area contributed by atoms with Gasteiger partial charge < -0.3 is 16.0 Å². The summed E-state index contributed by atoms with van der Waals surface area (Å²) in [4.78, 5) is 12.5. The largest absolute Gasteiger partial charge is 0.683 e. The zero-order chi connectivity index (χ0) is 20.1. The standard InChI is InChI=1S/C23H26N4O/c1-16-8-9-20(12-17(16)2)23(28)26-21-7-5-6-19(13-21)18(3)24-10-11-25-22-14-27(4)15-22/h5-15,18,25H,1-4H3,(H,26,28). The quantitative estimate of drug-likeness (QED) is 0.695. The molecule has 0 saturated heterocycles. The lowest BCUT2D eigenvalue weighted by Crippen LogP contribution is -2.21. The second-order valence-corrected chi connectivity index (χ2v) is 7.04. The Balaban J connectivity index is 1.58. The Bertz CT molecular complexity index is 972. The minimum Gasteiger partial charge on any atom is -0.683 e. The third-order valence-electron chi connectivity index (χ3n) is 4.72. The van der Waals surface area contributed by atoms with E-state index in [2.05, 4.69) is 16.0 Å². The van der Waals surface area contributed by atoms with Crippen molar-refractivity contribution in [2.75, 3.05) is 12.4 Å². The monoisotopic (exact) mass is 374 g/mol. The number of hydrogen-bond donors (Lipinski definition) is 2. The van der Waals surface area contributed by atoms with E-state index in [9.17, 15) is 4.79 Å². The molecule has 5 nitrogen and oxygen atoms in total. The lowest BCUT2D eigenvalue weighted by molar-refractivity contribution is -0.429. The zero-order valence-corrected chi connectivity index (χ0v) is 16.7. The lowest BCUT2D eigenvalue weighted by Gasteiger charge is -2.26. The van der Waals surface area contributed by atoms with Gasteiger partial charge in [-0.25, -0.2) is 4.58 Å². The highest BCUT2D eigenvalue weighted by Gasteiger charge is 2.09. The third kappa shape index (κ3) is 4.88. The first kappa shape index (κ1) is 19.4. The van der Waals surface area contributed by atoms with Gasteiger partial charge in [-0.3, -0.25) is 4.79 Å². The maximum Gasteiger partial charge on any atom is 0.255 e. The van der Waals surface area contributed by atoms with E-state index in [1.807, 2.05) is 93.5 Å². The number of carbonyl (C=O) groups is 1. The summed E-state index contributed by atoms with van der Waals surface area (Å²) in [6.07, 6.45) is 7.57. The van der Waals surface area contributed by atoms with E-state index in [4.69, 9.17) is 0 Å². The Morgan fingerprint density at radius 2 is 1.93 bits per heavy atom. The number of anilines is 1. The molecule has 144 valence electrons. The zero-order valence-electron chi connectivity index (χ0n) is 16.7. The van der Waals surface area contributed by atoms with Gasteiger partial charge in [0, 0.05) is 11.3 Å². The molecule has 0 spiro atoms. The molecule has 1 unspecified atom stereocenters. The van der Waals surface area contributed by atoms with E-state index in [1.54, 1.807) is 6.20 Å². The van der Waals surface area contributed by atoms with Gasteiger partial charge in [-0.1, -0.05) is 36.7 Å². The molecule has 3 rings (SSSR count). The van der Waals surface area contributed by atoms with Crippen LogP contribution in [0.4, 0.5) is 5.69 Å². The highest BCUT2D eigenvalue weighted by molar-refractivity contribution is 6.04. The molecule has 5 heteroatoms. The summed E-state index contributed by atoms with van der Waals surface area (Å²) in [6.45, 7) is 6.07. The molecule has 1 atom stereocenters. The highest BCUT2D eigenvalue weighted by atomic mass is 16.1. The van der Waals surface area contributed by atoms with Crippen LogP contribution < -0.4 is 10.6 Å². The summed E-state index contributed by atoms with van der Waals surface area (Å²) < 4.78 is 1.98. The van der Waals surface area contributed by atoms with Crippen LogP contribution in [-0.2, 0) is 0 Å². The van der Waals surface area contributed by atoms with Gasteiger partial charge in [0.25, 0.3) is 5.91 Å². The van der Waals surface area contributed by atoms with Crippen molar-refractivity contribution >= 4 is 17.8 Å².